The lowest BCUT2D eigenvalue weighted by molar-refractivity contribution is -0.142. The van der Waals surface area contributed by atoms with Gasteiger partial charge in [0.15, 0.2) is 0 Å². The number of hydrogen-bond acceptors (Lipinski definition) is 5. The Morgan fingerprint density at radius 3 is 2.59 bits per heavy atom. The van der Waals surface area contributed by atoms with Crippen LogP contribution < -0.4 is 10.6 Å². The van der Waals surface area contributed by atoms with E-state index in [-0.39, 0.29) is 36.2 Å². The van der Waals surface area contributed by atoms with Crippen LogP contribution in [0.5, 0.6) is 0 Å². The first-order valence-corrected chi connectivity index (χ1v) is 12.2. The minimum atomic E-state index is -0.562. The largest absolute Gasteiger partial charge is 0.381 e. The molecule has 3 amide bonds. The van der Waals surface area contributed by atoms with Gasteiger partial charge in [0.05, 0.1) is 18.6 Å². The fourth-order valence-electron chi connectivity index (χ4n) is 5.44. The van der Waals surface area contributed by atoms with Gasteiger partial charge in [0.25, 0.3) is 0 Å². The molecule has 0 aromatic carbocycles. The summed E-state index contributed by atoms with van der Waals surface area (Å²) in [6.45, 7) is 3.98. The van der Waals surface area contributed by atoms with Crippen molar-refractivity contribution < 1.29 is 23.9 Å². The third kappa shape index (κ3) is 5.70. The van der Waals surface area contributed by atoms with Gasteiger partial charge in [0, 0.05) is 51.3 Å². The van der Waals surface area contributed by atoms with E-state index in [1.165, 1.54) is 0 Å². The fourth-order valence-corrected chi connectivity index (χ4v) is 5.44. The molecule has 0 radical (unpaired) electrons. The minimum Gasteiger partial charge on any atom is -0.381 e. The van der Waals surface area contributed by atoms with Gasteiger partial charge in [-0.3, -0.25) is 14.4 Å². The second-order valence-electron chi connectivity index (χ2n) is 9.81. The Kier molecular flexibility index (Phi) is 7.84. The zero-order chi connectivity index (χ0) is 22.4. The third-order valence-corrected chi connectivity index (χ3v) is 7.70. The Bertz CT molecular complexity index is 710. The van der Waals surface area contributed by atoms with E-state index in [2.05, 4.69) is 22.8 Å². The Hall–Kier alpha value is -1.93. The quantitative estimate of drug-likeness (QED) is 0.624. The first kappa shape index (κ1) is 23.2. The summed E-state index contributed by atoms with van der Waals surface area (Å²) >= 11 is 0. The van der Waals surface area contributed by atoms with Crippen molar-refractivity contribution in [3.63, 3.8) is 0 Å². The minimum absolute atomic E-state index is 0.000764. The van der Waals surface area contributed by atoms with Crippen molar-refractivity contribution in [1.29, 1.82) is 0 Å². The smallest absolute Gasteiger partial charge is 0.239 e. The molecule has 1 spiro atoms. The molecule has 178 valence electrons. The summed E-state index contributed by atoms with van der Waals surface area (Å²) in [6, 6.07) is 0.0937. The van der Waals surface area contributed by atoms with Crippen molar-refractivity contribution in [2.75, 3.05) is 46.1 Å². The number of ether oxygens (including phenoxy) is 2. The van der Waals surface area contributed by atoms with Gasteiger partial charge in [-0.2, -0.15) is 0 Å². The number of nitrogens with one attached hydrogen (secondary N) is 2. The highest BCUT2D eigenvalue weighted by molar-refractivity contribution is 5.88. The zero-order valence-corrected chi connectivity index (χ0v) is 19.0. The van der Waals surface area contributed by atoms with Crippen LogP contribution in [-0.2, 0) is 23.9 Å². The lowest BCUT2D eigenvalue weighted by atomic mass is 9.74. The first-order valence-electron chi connectivity index (χ1n) is 12.2. The molecule has 0 aromatic heterocycles. The summed E-state index contributed by atoms with van der Waals surface area (Å²) in [5.41, 5.74) is -0.562. The molecule has 3 fully saturated rings. The topological polar surface area (TPSA) is 97.0 Å². The zero-order valence-electron chi connectivity index (χ0n) is 19.0. The van der Waals surface area contributed by atoms with Crippen LogP contribution in [0.2, 0.25) is 0 Å². The molecule has 4 rings (SSSR count). The second kappa shape index (κ2) is 10.8. The number of rotatable bonds is 2. The molecule has 2 atom stereocenters. The molecule has 4 aliphatic rings. The summed E-state index contributed by atoms with van der Waals surface area (Å²) in [4.78, 5) is 40.4. The van der Waals surface area contributed by atoms with E-state index in [0.717, 1.165) is 38.9 Å². The molecule has 8 heteroatoms. The van der Waals surface area contributed by atoms with E-state index in [9.17, 15) is 14.4 Å². The summed E-state index contributed by atoms with van der Waals surface area (Å²) < 4.78 is 11.0. The van der Waals surface area contributed by atoms with Crippen LogP contribution in [0, 0.1) is 17.3 Å². The van der Waals surface area contributed by atoms with Crippen molar-refractivity contribution in [2.24, 2.45) is 17.3 Å². The van der Waals surface area contributed by atoms with E-state index < -0.39 is 5.41 Å². The number of carbonyl (C=O) groups excluding carboxylic acids is 3. The molecule has 8 nitrogen and oxygen atoms in total. The van der Waals surface area contributed by atoms with Crippen LogP contribution in [-0.4, -0.2) is 74.7 Å². The van der Waals surface area contributed by atoms with Crippen LogP contribution in [0.1, 0.15) is 51.4 Å². The van der Waals surface area contributed by atoms with Crippen LogP contribution >= 0.6 is 0 Å². The standard InChI is InChI=1S/C24H37N3O5/c28-21-16-25-23(30)24(7-2-1-3-19-17-32-14-6-20(19)26-21)8-10-27(11-9-24)22(29)15-18-4-12-31-13-5-18/h1-2,18-20H,3-17H2,(H,25,30)(H,26,28)/b2-1+/t19-,20-/m0/s1. The summed E-state index contributed by atoms with van der Waals surface area (Å²) in [5, 5.41) is 5.96. The van der Waals surface area contributed by atoms with Gasteiger partial charge in [-0.15, -0.1) is 0 Å². The van der Waals surface area contributed by atoms with E-state index in [4.69, 9.17) is 9.47 Å². The van der Waals surface area contributed by atoms with Crippen molar-refractivity contribution in [3.05, 3.63) is 12.2 Å². The Morgan fingerprint density at radius 1 is 1.06 bits per heavy atom. The van der Waals surface area contributed by atoms with Crippen molar-refractivity contribution >= 4 is 17.7 Å². The highest BCUT2D eigenvalue weighted by Gasteiger charge is 2.42. The number of likely N-dealkylation sites (tertiary alicyclic amines) is 1. The summed E-state index contributed by atoms with van der Waals surface area (Å²) in [7, 11) is 0. The molecule has 3 saturated heterocycles. The van der Waals surface area contributed by atoms with Crippen LogP contribution in [0.4, 0.5) is 0 Å². The number of piperidine rings is 1. The lowest BCUT2D eigenvalue weighted by Gasteiger charge is -2.41. The van der Waals surface area contributed by atoms with Crippen LogP contribution in [0.25, 0.3) is 0 Å². The SMILES string of the molecule is O=C1CNC(=O)C2(C/C=C/C[C@H]3COCC[C@@H]3N1)CCN(C(=O)CC1CCOCC1)CC2. The molecule has 0 saturated carbocycles. The molecule has 4 aliphatic heterocycles. The molecule has 4 heterocycles. The first-order chi connectivity index (χ1) is 15.6. The number of fused-ring (bicyclic) bond motifs is 1. The van der Waals surface area contributed by atoms with E-state index in [0.29, 0.717) is 57.9 Å². The average Bonchev–Trinajstić information content (AvgIpc) is 2.81. The maximum absolute atomic E-state index is 13.2. The molecule has 32 heavy (non-hydrogen) atoms. The molecular weight excluding hydrogens is 410 g/mol. The van der Waals surface area contributed by atoms with Gasteiger partial charge in [0.2, 0.25) is 17.7 Å². The van der Waals surface area contributed by atoms with Gasteiger partial charge in [0.1, 0.15) is 0 Å². The van der Waals surface area contributed by atoms with Crippen molar-refractivity contribution in [2.45, 2.75) is 57.4 Å². The lowest BCUT2D eigenvalue weighted by Crippen LogP contribution is -2.53. The molecule has 0 unspecified atom stereocenters. The monoisotopic (exact) mass is 447 g/mol. The molecule has 0 aliphatic carbocycles. The maximum Gasteiger partial charge on any atom is 0.239 e. The van der Waals surface area contributed by atoms with E-state index >= 15 is 0 Å². The number of allylic oxidation sites excluding steroid dienone is 2. The number of nitrogens with zero attached hydrogens (tertiary/aromatic N) is 1. The third-order valence-electron chi connectivity index (χ3n) is 7.70. The number of hydrogen-bond donors (Lipinski definition) is 2. The normalized spacial score (nSPS) is 30.9. The van der Waals surface area contributed by atoms with Crippen molar-refractivity contribution in [3.8, 4) is 0 Å². The van der Waals surface area contributed by atoms with Gasteiger partial charge in [-0.05, 0) is 50.9 Å². The van der Waals surface area contributed by atoms with Gasteiger partial charge >= 0.3 is 0 Å². The predicted octanol–water partition coefficient (Wildman–Crippen LogP) is 1.40. The highest BCUT2D eigenvalue weighted by atomic mass is 16.5. The Labute approximate surface area is 190 Å². The molecule has 2 N–H and O–H groups in total. The van der Waals surface area contributed by atoms with Gasteiger partial charge in [-0.1, -0.05) is 12.2 Å². The molecule has 0 aromatic rings. The maximum atomic E-state index is 13.2. The van der Waals surface area contributed by atoms with Gasteiger partial charge in [-0.25, -0.2) is 0 Å². The number of amides is 3. The Balaban J connectivity index is 1.37. The average molecular weight is 448 g/mol. The number of carbonyl (C=O) groups is 3. The van der Waals surface area contributed by atoms with Gasteiger partial charge < -0.3 is 25.0 Å². The fraction of sp³-hybridized carbons (Fsp3) is 0.792. The Morgan fingerprint density at radius 2 is 1.81 bits per heavy atom. The molecule has 0 bridgehead atoms. The van der Waals surface area contributed by atoms with Crippen LogP contribution in [0.3, 0.4) is 0 Å². The van der Waals surface area contributed by atoms with Crippen molar-refractivity contribution in [1.82, 2.24) is 15.5 Å². The molecular formula is C24H37N3O5. The van der Waals surface area contributed by atoms with E-state index in [1.807, 2.05) is 4.90 Å². The highest BCUT2D eigenvalue weighted by Crippen LogP contribution is 2.37. The van der Waals surface area contributed by atoms with Crippen LogP contribution in [0.15, 0.2) is 12.2 Å². The van der Waals surface area contributed by atoms with E-state index in [1.54, 1.807) is 0 Å². The summed E-state index contributed by atoms with van der Waals surface area (Å²) in [5.74, 6) is 0.654. The summed E-state index contributed by atoms with van der Waals surface area (Å²) in [6.07, 6.45) is 10.3. The second-order valence-corrected chi connectivity index (χ2v) is 9.81. The predicted molar refractivity (Wildman–Crippen MR) is 119 cm³/mol.